The lowest BCUT2D eigenvalue weighted by Gasteiger charge is -2.31. The lowest BCUT2D eigenvalue weighted by Crippen LogP contribution is -2.36. The minimum atomic E-state index is 0.0420. The topological polar surface area (TPSA) is 46.1 Å². The first-order valence-electron chi connectivity index (χ1n) is 5.25. The summed E-state index contributed by atoms with van der Waals surface area (Å²) in [6, 6.07) is 1.74. The molecule has 0 amide bonds. The molecule has 5 heteroatoms. The van der Waals surface area contributed by atoms with Crippen molar-refractivity contribution >= 4 is 23.2 Å². The van der Waals surface area contributed by atoms with E-state index in [0.717, 1.165) is 31.7 Å². The zero-order valence-corrected chi connectivity index (χ0v) is 9.65. The summed E-state index contributed by atoms with van der Waals surface area (Å²) in [7, 11) is 0. The van der Waals surface area contributed by atoms with E-state index in [-0.39, 0.29) is 11.7 Å². The number of Topliss-reactive ketones (excluding diaryl/α,β-unsaturated/α-hetero) is 1. The molecular formula is C11H13ClN3O. The minimum absolute atomic E-state index is 0.0420. The molecule has 0 N–H and O–H groups in total. The van der Waals surface area contributed by atoms with Crippen LogP contribution in [0.2, 0.25) is 5.15 Å². The quantitative estimate of drug-likeness (QED) is 0.737. The van der Waals surface area contributed by atoms with Crippen LogP contribution < -0.4 is 4.90 Å². The zero-order chi connectivity index (χ0) is 11.5. The molecule has 0 aromatic carbocycles. The maximum atomic E-state index is 11.1. The number of hydrogen-bond donors (Lipinski definition) is 0. The molecule has 1 aliphatic rings. The molecule has 1 aliphatic heterocycles. The van der Waals surface area contributed by atoms with Gasteiger partial charge in [0.05, 0.1) is 0 Å². The Morgan fingerprint density at radius 1 is 1.44 bits per heavy atom. The molecule has 16 heavy (non-hydrogen) atoms. The molecule has 1 fully saturated rings. The molecule has 0 atom stereocenters. The predicted molar refractivity (Wildman–Crippen MR) is 62.3 cm³/mol. The van der Waals surface area contributed by atoms with Crippen LogP contribution in [0.4, 0.5) is 5.82 Å². The molecule has 0 saturated carbocycles. The second-order valence-electron chi connectivity index (χ2n) is 3.93. The van der Waals surface area contributed by atoms with Crippen LogP contribution in [0.25, 0.3) is 0 Å². The molecule has 0 spiro atoms. The number of halogens is 1. The minimum Gasteiger partial charge on any atom is -0.356 e. The van der Waals surface area contributed by atoms with Crippen molar-refractivity contribution in [1.29, 1.82) is 0 Å². The van der Waals surface area contributed by atoms with Gasteiger partial charge in [0.15, 0.2) is 0 Å². The van der Waals surface area contributed by atoms with Gasteiger partial charge in [-0.25, -0.2) is 9.97 Å². The SMILES string of the molecule is [CH2]C(=O)C1CCN(c2cc(Cl)ncn2)CC1. The molecule has 4 nitrogen and oxygen atoms in total. The molecule has 1 aromatic rings. The van der Waals surface area contributed by atoms with Crippen molar-refractivity contribution in [3.8, 4) is 0 Å². The van der Waals surface area contributed by atoms with Crippen LogP contribution in [0, 0.1) is 12.8 Å². The van der Waals surface area contributed by atoms with Crippen LogP contribution in [0.3, 0.4) is 0 Å². The summed E-state index contributed by atoms with van der Waals surface area (Å²) < 4.78 is 0. The highest BCUT2D eigenvalue weighted by molar-refractivity contribution is 6.29. The molecule has 1 aromatic heterocycles. The molecule has 85 valence electrons. The monoisotopic (exact) mass is 238 g/mol. The van der Waals surface area contributed by atoms with Crippen LogP contribution in [-0.4, -0.2) is 28.8 Å². The fourth-order valence-electron chi connectivity index (χ4n) is 1.93. The van der Waals surface area contributed by atoms with E-state index in [2.05, 4.69) is 21.8 Å². The van der Waals surface area contributed by atoms with Gasteiger partial charge in [-0.1, -0.05) is 11.6 Å². The molecule has 1 saturated heterocycles. The molecule has 0 unspecified atom stereocenters. The number of aromatic nitrogens is 2. The summed E-state index contributed by atoms with van der Waals surface area (Å²) in [5.74, 6) is 0.976. The average Bonchev–Trinajstić information content (AvgIpc) is 2.29. The van der Waals surface area contributed by atoms with Crippen molar-refractivity contribution in [1.82, 2.24) is 9.97 Å². The number of carbonyl (C=O) groups excluding carboxylic acids is 1. The lowest BCUT2D eigenvalue weighted by atomic mass is 9.93. The summed E-state index contributed by atoms with van der Waals surface area (Å²) in [5.41, 5.74) is 0. The van der Waals surface area contributed by atoms with E-state index in [1.807, 2.05) is 0 Å². The van der Waals surface area contributed by atoms with E-state index in [9.17, 15) is 4.79 Å². The van der Waals surface area contributed by atoms with E-state index >= 15 is 0 Å². The van der Waals surface area contributed by atoms with E-state index in [4.69, 9.17) is 11.6 Å². The summed E-state index contributed by atoms with van der Waals surface area (Å²) in [6.07, 6.45) is 3.13. The van der Waals surface area contributed by atoms with Gasteiger partial charge in [-0.05, 0) is 12.8 Å². The first-order chi connectivity index (χ1) is 7.66. The molecule has 0 bridgehead atoms. The van der Waals surface area contributed by atoms with E-state index < -0.39 is 0 Å². The van der Waals surface area contributed by atoms with Crippen molar-refractivity contribution in [2.45, 2.75) is 12.8 Å². The van der Waals surface area contributed by atoms with Crippen molar-refractivity contribution in [3.05, 3.63) is 24.5 Å². The Labute approximate surface area is 99.6 Å². The van der Waals surface area contributed by atoms with Gasteiger partial charge in [-0.3, -0.25) is 4.79 Å². The van der Waals surface area contributed by atoms with Crippen molar-refractivity contribution in [2.24, 2.45) is 5.92 Å². The Hall–Kier alpha value is -1.16. The zero-order valence-electron chi connectivity index (χ0n) is 8.90. The maximum Gasteiger partial charge on any atom is 0.136 e. The number of carbonyl (C=O) groups is 1. The first-order valence-corrected chi connectivity index (χ1v) is 5.63. The first kappa shape index (κ1) is 11.3. The standard InChI is InChI=1S/C11H13ClN3O/c1-8(16)9-2-4-15(5-3-9)11-6-10(12)13-7-14-11/h6-7,9H,1-5H2. The number of anilines is 1. The molecule has 0 aliphatic carbocycles. The van der Waals surface area contributed by atoms with Gasteiger partial charge in [-0.2, -0.15) is 0 Å². The van der Waals surface area contributed by atoms with Gasteiger partial charge in [0.25, 0.3) is 0 Å². The number of hydrogen-bond acceptors (Lipinski definition) is 4. The molecule has 2 heterocycles. The van der Waals surface area contributed by atoms with Gasteiger partial charge in [0, 0.05) is 32.0 Å². The summed E-state index contributed by atoms with van der Waals surface area (Å²) in [4.78, 5) is 21.2. The third-order valence-electron chi connectivity index (χ3n) is 2.89. The number of piperidine rings is 1. The Balaban J connectivity index is 2.01. The highest BCUT2D eigenvalue weighted by atomic mass is 35.5. The lowest BCUT2D eigenvalue weighted by molar-refractivity contribution is -0.119. The van der Waals surface area contributed by atoms with Gasteiger partial charge in [-0.15, -0.1) is 0 Å². The Kier molecular flexibility index (Phi) is 3.39. The number of rotatable bonds is 2. The van der Waals surface area contributed by atoms with Crippen molar-refractivity contribution < 1.29 is 4.79 Å². The van der Waals surface area contributed by atoms with Crippen molar-refractivity contribution in [2.75, 3.05) is 18.0 Å². The predicted octanol–water partition coefficient (Wildman–Crippen LogP) is 1.75. The number of ketones is 1. The fraction of sp³-hybridized carbons (Fsp3) is 0.455. The molecule has 1 radical (unpaired) electrons. The van der Waals surface area contributed by atoms with Gasteiger partial charge in [0.2, 0.25) is 0 Å². The Bertz CT molecular complexity index is 389. The van der Waals surface area contributed by atoms with Crippen LogP contribution in [0.15, 0.2) is 12.4 Å². The second kappa shape index (κ2) is 4.78. The second-order valence-corrected chi connectivity index (χ2v) is 4.31. The van der Waals surface area contributed by atoms with Crippen LogP contribution in [0.5, 0.6) is 0 Å². The maximum absolute atomic E-state index is 11.1. The highest BCUT2D eigenvalue weighted by Gasteiger charge is 2.23. The van der Waals surface area contributed by atoms with E-state index in [1.54, 1.807) is 6.07 Å². The van der Waals surface area contributed by atoms with Crippen molar-refractivity contribution in [3.63, 3.8) is 0 Å². The van der Waals surface area contributed by atoms with Crippen LogP contribution in [-0.2, 0) is 4.79 Å². The highest BCUT2D eigenvalue weighted by Crippen LogP contribution is 2.23. The Morgan fingerprint density at radius 2 is 2.12 bits per heavy atom. The average molecular weight is 239 g/mol. The third kappa shape index (κ3) is 2.50. The third-order valence-corrected chi connectivity index (χ3v) is 3.10. The van der Waals surface area contributed by atoms with Gasteiger partial charge >= 0.3 is 0 Å². The van der Waals surface area contributed by atoms with Gasteiger partial charge < -0.3 is 4.90 Å². The van der Waals surface area contributed by atoms with Crippen LogP contribution in [0.1, 0.15) is 12.8 Å². The van der Waals surface area contributed by atoms with E-state index in [1.165, 1.54) is 6.33 Å². The van der Waals surface area contributed by atoms with Crippen LogP contribution >= 0.6 is 11.6 Å². The largest absolute Gasteiger partial charge is 0.356 e. The summed E-state index contributed by atoms with van der Waals surface area (Å²) >= 11 is 5.80. The normalized spacial score (nSPS) is 17.5. The Morgan fingerprint density at radius 3 is 2.69 bits per heavy atom. The molecular weight excluding hydrogens is 226 g/mol. The summed E-state index contributed by atoms with van der Waals surface area (Å²) in [5, 5.41) is 0.445. The van der Waals surface area contributed by atoms with E-state index in [0.29, 0.717) is 5.15 Å². The molecule has 2 rings (SSSR count). The van der Waals surface area contributed by atoms with Gasteiger partial charge in [0.1, 0.15) is 23.1 Å². The summed E-state index contributed by atoms with van der Waals surface area (Å²) in [6.45, 7) is 5.11. The number of nitrogens with zero attached hydrogens (tertiary/aromatic N) is 3. The smallest absolute Gasteiger partial charge is 0.136 e. The fourth-order valence-corrected chi connectivity index (χ4v) is 2.07.